The molecule has 0 aromatic carbocycles. The van der Waals surface area contributed by atoms with Crippen LogP contribution in [0.2, 0.25) is 0 Å². The molecule has 1 aliphatic carbocycles. The van der Waals surface area contributed by atoms with Gasteiger partial charge in [-0.3, -0.25) is 4.68 Å². The SMILES string of the molecule is Cc1nn(C)c(CC2(CNC(C)C)CCCC2)c1Br. The van der Waals surface area contributed by atoms with Gasteiger partial charge in [0.2, 0.25) is 0 Å². The summed E-state index contributed by atoms with van der Waals surface area (Å²) in [4.78, 5) is 0. The van der Waals surface area contributed by atoms with E-state index >= 15 is 0 Å². The number of halogens is 1. The Morgan fingerprint density at radius 2 is 2.00 bits per heavy atom. The van der Waals surface area contributed by atoms with Gasteiger partial charge in [-0.1, -0.05) is 26.7 Å². The van der Waals surface area contributed by atoms with Crippen molar-refractivity contribution < 1.29 is 0 Å². The first-order valence-corrected chi connectivity index (χ1v) is 8.14. The maximum absolute atomic E-state index is 4.53. The van der Waals surface area contributed by atoms with Crippen molar-refractivity contribution in [3.63, 3.8) is 0 Å². The van der Waals surface area contributed by atoms with E-state index in [0.29, 0.717) is 11.5 Å². The molecule has 0 spiro atoms. The molecule has 1 saturated carbocycles. The Morgan fingerprint density at radius 3 is 2.47 bits per heavy atom. The molecule has 1 aromatic heterocycles. The fraction of sp³-hybridized carbons (Fsp3) is 0.800. The summed E-state index contributed by atoms with van der Waals surface area (Å²) in [6.07, 6.45) is 6.54. The van der Waals surface area contributed by atoms with Crippen molar-refractivity contribution >= 4 is 15.9 Å². The first kappa shape index (κ1) is 15.0. The molecule has 0 radical (unpaired) electrons. The second kappa shape index (κ2) is 5.96. The molecule has 1 aromatic rings. The van der Waals surface area contributed by atoms with E-state index in [1.807, 2.05) is 0 Å². The predicted molar refractivity (Wildman–Crippen MR) is 83.4 cm³/mol. The van der Waals surface area contributed by atoms with Crippen LogP contribution >= 0.6 is 15.9 Å². The predicted octanol–water partition coefficient (Wildman–Crippen LogP) is 3.59. The highest BCUT2D eigenvalue weighted by molar-refractivity contribution is 9.10. The Hall–Kier alpha value is -0.350. The number of hydrogen-bond donors (Lipinski definition) is 1. The van der Waals surface area contributed by atoms with Gasteiger partial charge in [-0.25, -0.2) is 0 Å². The Bertz CT molecular complexity index is 431. The van der Waals surface area contributed by atoms with E-state index in [-0.39, 0.29) is 0 Å². The Morgan fingerprint density at radius 1 is 1.37 bits per heavy atom. The fourth-order valence-electron chi connectivity index (χ4n) is 3.19. The molecule has 0 saturated heterocycles. The largest absolute Gasteiger partial charge is 0.314 e. The fourth-order valence-corrected chi connectivity index (χ4v) is 3.67. The topological polar surface area (TPSA) is 29.9 Å². The molecule has 0 aliphatic heterocycles. The van der Waals surface area contributed by atoms with Gasteiger partial charge in [-0.15, -0.1) is 0 Å². The molecule has 1 aliphatic rings. The quantitative estimate of drug-likeness (QED) is 0.895. The highest BCUT2D eigenvalue weighted by Gasteiger charge is 2.35. The Balaban J connectivity index is 2.16. The zero-order valence-electron chi connectivity index (χ0n) is 12.6. The molecule has 0 bridgehead atoms. The second-order valence-corrected chi connectivity index (χ2v) is 7.18. The minimum Gasteiger partial charge on any atom is -0.314 e. The molecule has 1 fully saturated rings. The smallest absolute Gasteiger partial charge is 0.0738 e. The van der Waals surface area contributed by atoms with Crippen LogP contribution in [-0.4, -0.2) is 22.4 Å². The van der Waals surface area contributed by atoms with Crippen LogP contribution in [0.25, 0.3) is 0 Å². The van der Waals surface area contributed by atoms with E-state index in [2.05, 4.69) is 58.8 Å². The average Bonchev–Trinajstić information content (AvgIpc) is 2.89. The summed E-state index contributed by atoms with van der Waals surface area (Å²) in [6, 6.07) is 0.564. The molecular formula is C15H26BrN3. The number of rotatable bonds is 5. The maximum Gasteiger partial charge on any atom is 0.0738 e. The Labute approximate surface area is 125 Å². The van der Waals surface area contributed by atoms with Crippen LogP contribution < -0.4 is 5.32 Å². The van der Waals surface area contributed by atoms with E-state index in [9.17, 15) is 0 Å². The van der Waals surface area contributed by atoms with E-state index < -0.39 is 0 Å². The zero-order valence-corrected chi connectivity index (χ0v) is 14.2. The summed E-state index contributed by atoms with van der Waals surface area (Å²) >= 11 is 3.71. The maximum atomic E-state index is 4.53. The average molecular weight is 328 g/mol. The van der Waals surface area contributed by atoms with Crippen LogP contribution in [0.4, 0.5) is 0 Å². The lowest BCUT2D eigenvalue weighted by Crippen LogP contribution is -2.37. The van der Waals surface area contributed by atoms with Crippen molar-refractivity contribution in [3.05, 3.63) is 15.9 Å². The van der Waals surface area contributed by atoms with Crippen molar-refractivity contribution in [2.45, 2.75) is 58.9 Å². The van der Waals surface area contributed by atoms with Crippen LogP contribution in [0.3, 0.4) is 0 Å². The van der Waals surface area contributed by atoms with Gasteiger partial charge < -0.3 is 5.32 Å². The van der Waals surface area contributed by atoms with Crippen LogP contribution in [0.1, 0.15) is 50.9 Å². The van der Waals surface area contributed by atoms with Crippen LogP contribution in [0.15, 0.2) is 4.47 Å². The second-order valence-electron chi connectivity index (χ2n) is 6.39. The molecule has 0 amide bonds. The normalized spacial score (nSPS) is 18.4. The number of aryl methyl sites for hydroxylation is 2. The molecule has 3 nitrogen and oxygen atoms in total. The zero-order chi connectivity index (χ0) is 14.0. The molecule has 2 rings (SSSR count). The number of nitrogens with one attached hydrogen (secondary N) is 1. The van der Waals surface area contributed by atoms with Gasteiger partial charge in [-0.05, 0) is 47.5 Å². The molecule has 1 heterocycles. The van der Waals surface area contributed by atoms with Crippen molar-refractivity contribution in [2.24, 2.45) is 12.5 Å². The van der Waals surface area contributed by atoms with Gasteiger partial charge in [0.05, 0.1) is 15.9 Å². The minimum atomic E-state index is 0.424. The number of nitrogens with zero attached hydrogens (tertiary/aromatic N) is 2. The lowest BCUT2D eigenvalue weighted by molar-refractivity contribution is 0.263. The van der Waals surface area contributed by atoms with E-state index in [1.54, 1.807) is 0 Å². The van der Waals surface area contributed by atoms with Gasteiger partial charge >= 0.3 is 0 Å². The summed E-state index contributed by atoms with van der Waals surface area (Å²) in [5.41, 5.74) is 2.87. The summed E-state index contributed by atoms with van der Waals surface area (Å²) in [6.45, 7) is 7.65. The number of aromatic nitrogens is 2. The molecule has 0 unspecified atom stereocenters. The van der Waals surface area contributed by atoms with Crippen LogP contribution in [0, 0.1) is 12.3 Å². The van der Waals surface area contributed by atoms with Crippen LogP contribution in [0.5, 0.6) is 0 Å². The van der Waals surface area contributed by atoms with Crippen molar-refractivity contribution in [1.29, 1.82) is 0 Å². The molecule has 0 atom stereocenters. The minimum absolute atomic E-state index is 0.424. The molecular weight excluding hydrogens is 302 g/mol. The third kappa shape index (κ3) is 3.40. The summed E-state index contributed by atoms with van der Waals surface area (Å²) in [7, 11) is 2.06. The number of hydrogen-bond acceptors (Lipinski definition) is 2. The standard InChI is InChI=1S/C15H26BrN3/c1-11(2)17-10-15(7-5-6-8-15)9-13-14(16)12(3)18-19(13)4/h11,17H,5-10H2,1-4H3. The first-order chi connectivity index (χ1) is 8.93. The van der Waals surface area contributed by atoms with Gasteiger partial charge in [0, 0.05) is 19.6 Å². The third-order valence-electron chi connectivity index (χ3n) is 4.35. The summed E-state index contributed by atoms with van der Waals surface area (Å²) in [5, 5.41) is 8.18. The molecule has 19 heavy (non-hydrogen) atoms. The van der Waals surface area contributed by atoms with Gasteiger partial charge in [-0.2, -0.15) is 5.10 Å². The lowest BCUT2D eigenvalue weighted by Gasteiger charge is -2.30. The van der Waals surface area contributed by atoms with Crippen molar-refractivity contribution in [2.75, 3.05) is 6.54 Å². The van der Waals surface area contributed by atoms with Crippen molar-refractivity contribution in [1.82, 2.24) is 15.1 Å². The highest BCUT2D eigenvalue weighted by atomic mass is 79.9. The monoisotopic (exact) mass is 327 g/mol. The molecule has 108 valence electrons. The van der Waals surface area contributed by atoms with E-state index in [4.69, 9.17) is 0 Å². The third-order valence-corrected chi connectivity index (χ3v) is 5.39. The van der Waals surface area contributed by atoms with Crippen molar-refractivity contribution in [3.8, 4) is 0 Å². The first-order valence-electron chi connectivity index (χ1n) is 7.35. The van der Waals surface area contributed by atoms with Crippen LogP contribution in [-0.2, 0) is 13.5 Å². The Kier molecular flexibility index (Phi) is 4.72. The van der Waals surface area contributed by atoms with E-state index in [1.165, 1.54) is 35.8 Å². The summed E-state index contributed by atoms with van der Waals surface area (Å²) < 4.78 is 3.25. The lowest BCUT2D eigenvalue weighted by atomic mass is 9.81. The molecule has 1 N–H and O–H groups in total. The van der Waals surface area contributed by atoms with Gasteiger partial charge in [0.15, 0.2) is 0 Å². The molecule has 4 heteroatoms. The van der Waals surface area contributed by atoms with E-state index in [0.717, 1.165) is 18.7 Å². The highest BCUT2D eigenvalue weighted by Crippen LogP contribution is 2.42. The van der Waals surface area contributed by atoms with Gasteiger partial charge in [0.25, 0.3) is 0 Å². The van der Waals surface area contributed by atoms with Gasteiger partial charge in [0.1, 0.15) is 0 Å². The summed E-state index contributed by atoms with van der Waals surface area (Å²) in [5.74, 6) is 0.